The van der Waals surface area contributed by atoms with Crippen LogP contribution in [0.15, 0.2) is 23.1 Å². The van der Waals surface area contributed by atoms with E-state index < -0.39 is 16.0 Å². The number of rotatable bonds is 4. The predicted molar refractivity (Wildman–Crippen MR) is 90.6 cm³/mol. The van der Waals surface area contributed by atoms with Crippen LogP contribution < -0.4 is 10.5 Å². The van der Waals surface area contributed by atoms with Gasteiger partial charge < -0.3 is 10.5 Å². The Morgan fingerprint density at radius 1 is 1.26 bits per heavy atom. The number of carbonyl (C=O) groups excluding carboxylic acids is 1. The maximum atomic E-state index is 12.4. The zero-order valence-electron chi connectivity index (χ0n) is 12.6. The quantitative estimate of drug-likeness (QED) is 0.776. The van der Waals surface area contributed by atoms with Crippen LogP contribution in [0.25, 0.3) is 0 Å². The summed E-state index contributed by atoms with van der Waals surface area (Å²) in [6.07, 6.45) is 2.97. The maximum Gasteiger partial charge on any atom is 0.337 e. The van der Waals surface area contributed by atoms with Gasteiger partial charge in [-0.15, -0.1) is 12.4 Å². The molecular weight excluding hydrogens is 363 g/mol. The lowest BCUT2D eigenvalue weighted by Gasteiger charge is -2.26. The summed E-state index contributed by atoms with van der Waals surface area (Å²) in [6, 6.07) is 3.93. The van der Waals surface area contributed by atoms with Gasteiger partial charge >= 0.3 is 5.97 Å². The normalized spacial score (nSPS) is 21.3. The van der Waals surface area contributed by atoms with E-state index in [0.717, 1.165) is 12.8 Å². The molecule has 1 aliphatic rings. The minimum Gasteiger partial charge on any atom is -0.465 e. The molecule has 0 saturated heterocycles. The van der Waals surface area contributed by atoms with Gasteiger partial charge in [-0.05, 0) is 43.9 Å². The van der Waals surface area contributed by atoms with E-state index in [2.05, 4.69) is 9.46 Å². The largest absolute Gasteiger partial charge is 0.465 e. The van der Waals surface area contributed by atoms with E-state index in [9.17, 15) is 13.2 Å². The van der Waals surface area contributed by atoms with Crippen LogP contribution in [0, 0.1) is 0 Å². The molecule has 1 aromatic carbocycles. The van der Waals surface area contributed by atoms with Crippen molar-refractivity contribution in [3.8, 4) is 0 Å². The minimum atomic E-state index is -3.75. The molecule has 3 N–H and O–H groups in total. The van der Waals surface area contributed by atoms with Crippen LogP contribution in [-0.2, 0) is 14.8 Å². The number of halogens is 2. The molecule has 6 nitrogen and oxygen atoms in total. The number of methoxy groups -OCH3 is 1. The molecule has 1 aliphatic carbocycles. The summed E-state index contributed by atoms with van der Waals surface area (Å²) in [6.45, 7) is 0. The molecule has 0 aromatic heterocycles. The Bertz CT molecular complexity index is 659. The third-order valence-electron chi connectivity index (χ3n) is 3.70. The summed E-state index contributed by atoms with van der Waals surface area (Å²) in [5.74, 6) is -0.636. The van der Waals surface area contributed by atoms with Gasteiger partial charge in [0, 0.05) is 17.1 Å². The SMILES string of the molecule is COC(=O)c1cc(Cl)cc(S(=O)(=O)NC2CCC(N)CC2)c1.Cl. The summed E-state index contributed by atoms with van der Waals surface area (Å²) >= 11 is 5.90. The zero-order chi connectivity index (χ0) is 16.3. The molecule has 0 atom stereocenters. The Labute approximate surface area is 147 Å². The van der Waals surface area contributed by atoms with Gasteiger partial charge in [-0.25, -0.2) is 17.9 Å². The molecule has 0 unspecified atom stereocenters. The van der Waals surface area contributed by atoms with E-state index in [1.807, 2.05) is 0 Å². The average molecular weight is 383 g/mol. The van der Waals surface area contributed by atoms with Crippen molar-refractivity contribution in [3.05, 3.63) is 28.8 Å². The second-order valence-electron chi connectivity index (χ2n) is 5.40. The third kappa shape index (κ3) is 5.32. The molecule has 1 saturated carbocycles. The molecular formula is C14H20Cl2N2O4S. The van der Waals surface area contributed by atoms with Crippen LogP contribution in [0.2, 0.25) is 5.02 Å². The van der Waals surface area contributed by atoms with E-state index in [1.54, 1.807) is 0 Å². The summed E-state index contributed by atoms with van der Waals surface area (Å²) < 4.78 is 32.1. The van der Waals surface area contributed by atoms with Crippen molar-refractivity contribution in [2.45, 2.75) is 42.7 Å². The van der Waals surface area contributed by atoms with Crippen LogP contribution in [-0.4, -0.2) is 33.6 Å². The first-order chi connectivity index (χ1) is 10.3. The Morgan fingerprint density at radius 2 is 1.87 bits per heavy atom. The molecule has 2 rings (SSSR count). The number of benzene rings is 1. The molecule has 0 radical (unpaired) electrons. The highest BCUT2D eigenvalue weighted by Gasteiger charge is 2.25. The molecule has 0 aliphatic heterocycles. The van der Waals surface area contributed by atoms with Crippen LogP contribution in [0.4, 0.5) is 0 Å². The fourth-order valence-corrected chi connectivity index (χ4v) is 4.15. The number of ether oxygens (including phenoxy) is 1. The third-order valence-corrected chi connectivity index (χ3v) is 5.41. The molecule has 1 aromatic rings. The smallest absolute Gasteiger partial charge is 0.337 e. The number of hydrogen-bond acceptors (Lipinski definition) is 5. The van der Waals surface area contributed by atoms with E-state index in [0.29, 0.717) is 12.8 Å². The number of nitrogens with two attached hydrogens (primary N) is 1. The first-order valence-corrected chi connectivity index (χ1v) is 8.85. The van der Waals surface area contributed by atoms with E-state index >= 15 is 0 Å². The van der Waals surface area contributed by atoms with Gasteiger partial charge in [-0.3, -0.25) is 0 Å². The minimum absolute atomic E-state index is 0. The fraction of sp³-hybridized carbons (Fsp3) is 0.500. The summed E-state index contributed by atoms with van der Waals surface area (Å²) in [4.78, 5) is 11.5. The monoisotopic (exact) mass is 382 g/mol. The number of hydrogen-bond donors (Lipinski definition) is 2. The Kier molecular flexibility index (Phi) is 7.29. The van der Waals surface area contributed by atoms with Gasteiger partial charge in [0.15, 0.2) is 0 Å². The van der Waals surface area contributed by atoms with Crippen molar-refractivity contribution in [1.29, 1.82) is 0 Å². The Hall–Kier alpha value is -0.860. The first kappa shape index (κ1) is 20.2. The van der Waals surface area contributed by atoms with Crippen LogP contribution in [0.3, 0.4) is 0 Å². The molecule has 0 heterocycles. The lowest BCUT2D eigenvalue weighted by molar-refractivity contribution is 0.0600. The van der Waals surface area contributed by atoms with Gasteiger partial charge in [0.05, 0.1) is 17.6 Å². The van der Waals surface area contributed by atoms with Crippen molar-refractivity contribution in [2.24, 2.45) is 5.73 Å². The van der Waals surface area contributed by atoms with Gasteiger partial charge in [-0.1, -0.05) is 11.6 Å². The molecule has 1 fully saturated rings. The number of sulfonamides is 1. The molecule has 0 bridgehead atoms. The molecule has 0 spiro atoms. The Morgan fingerprint density at radius 3 is 2.43 bits per heavy atom. The maximum absolute atomic E-state index is 12.4. The highest BCUT2D eigenvalue weighted by atomic mass is 35.5. The lowest BCUT2D eigenvalue weighted by atomic mass is 9.93. The predicted octanol–water partition coefficient (Wildman–Crippen LogP) is 2.10. The van der Waals surface area contributed by atoms with Gasteiger partial charge in [0.1, 0.15) is 0 Å². The summed E-state index contributed by atoms with van der Waals surface area (Å²) in [7, 11) is -2.52. The standard InChI is InChI=1S/C14H19ClN2O4S.ClH/c1-21-14(18)9-6-10(15)8-13(7-9)22(19,20)17-12-4-2-11(16)3-5-12;/h6-8,11-12,17H,2-5,16H2,1H3;1H. The van der Waals surface area contributed by atoms with E-state index in [4.69, 9.17) is 17.3 Å². The van der Waals surface area contributed by atoms with Crippen molar-refractivity contribution in [1.82, 2.24) is 4.72 Å². The average Bonchev–Trinajstić information content (AvgIpc) is 2.48. The highest BCUT2D eigenvalue weighted by molar-refractivity contribution is 7.89. The topological polar surface area (TPSA) is 98.5 Å². The van der Waals surface area contributed by atoms with Gasteiger partial charge in [-0.2, -0.15) is 0 Å². The molecule has 0 amide bonds. The van der Waals surface area contributed by atoms with Crippen molar-refractivity contribution in [2.75, 3.05) is 7.11 Å². The van der Waals surface area contributed by atoms with Gasteiger partial charge in [0.25, 0.3) is 0 Å². The lowest BCUT2D eigenvalue weighted by Crippen LogP contribution is -2.40. The van der Waals surface area contributed by atoms with Crippen molar-refractivity contribution >= 4 is 40.0 Å². The number of carbonyl (C=O) groups is 1. The Balaban J connectivity index is 0.00000264. The number of esters is 1. The van der Waals surface area contributed by atoms with E-state index in [1.165, 1.54) is 25.3 Å². The van der Waals surface area contributed by atoms with Crippen LogP contribution in [0.5, 0.6) is 0 Å². The first-order valence-electron chi connectivity index (χ1n) is 6.98. The second-order valence-corrected chi connectivity index (χ2v) is 7.55. The fourth-order valence-electron chi connectivity index (χ4n) is 2.48. The van der Waals surface area contributed by atoms with Crippen molar-refractivity contribution < 1.29 is 17.9 Å². The van der Waals surface area contributed by atoms with E-state index in [-0.39, 0.29) is 40.0 Å². The van der Waals surface area contributed by atoms with Crippen molar-refractivity contribution in [3.63, 3.8) is 0 Å². The zero-order valence-corrected chi connectivity index (χ0v) is 15.0. The van der Waals surface area contributed by atoms with Gasteiger partial charge in [0.2, 0.25) is 10.0 Å². The number of nitrogens with one attached hydrogen (secondary N) is 1. The molecule has 9 heteroatoms. The molecule has 23 heavy (non-hydrogen) atoms. The van der Waals surface area contributed by atoms with Crippen LogP contribution in [0.1, 0.15) is 36.0 Å². The second kappa shape index (κ2) is 8.30. The highest BCUT2D eigenvalue weighted by Crippen LogP contribution is 2.23. The summed E-state index contributed by atoms with van der Waals surface area (Å²) in [5.41, 5.74) is 5.91. The molecule has 130 valence electrons. The van der Waals surface area contributed by atoms with Crippen LogP contribution >= 0.6 is 24.0 Å². The summed E-state index contributed by atoms with van der Waals surface area (Å²) in [5, 5.41) is 0.161.